The normalized spacial score (nSPS) is 18.9. The van der Waals surface area contributed by atoms with E-state index in [1.165, 1.54) is 7.11 Å². The number of carbonyl (C=O) groups is 4. The van der Waals surface area contributed by atoms with Crippen LogP contribution in [0.25, 0.3) is 0 Å². The van der Waals surface area contributed by atoms with Gasteiger partial charge in [0, 0.05) is 0 Å². The zero-order valence-corrected chi connectivity index (χ0v) is 20.6. The summed E-state index contributed by atoms with van der Waals surface area (Å²) in [6, 6.07) is -1.42. The molecule has 4 atom stereocenters. The zero-order chi connectivity index (χ0) is 22.5. The molecule has 1 saturated heterocycles. The second kappa shape index (κ2) is 14.8. The summed E-state index contributed by atoms with van der Waals surface area (Å²) in [5, 5.41) is 8.59. The molecule has 0 radical (unpaired) electrons. The third kappa shape index (κ3) is 9.34. The molecule has 0 bridgehead atoms. The van der Waals surface area contributed by atoms with Gasteiger partial charge in [-0.2, -0.15) is 0 Å². The molecule has 172 valence electrons. The van der Waals surface area contributed by atoms with Gasteiger partial charge >= 0.3 is 189 Å². The van der Waals surface area contributed by atoms with Gasteiger partial charge in [-0.3, -0.25) is 0 Å². The van der Waals surface area contributed by atoms with E-state index in [0.717, 1.165) is 31.6 Å². The van der Waals surface area contributed by atoms with Crippen molar-refractivity contribution in [1.29, 1.82) is 0 Å². The molecule has 1 rings (SSSR count). The van der Waals surface area contributed by atoms with Gasteiger partial charge in [0.1, 0.15) is 0 Å². The molecule has 0 spiro atoms. The van der Waals surface area contributed by atoms with Gasteiger partial charge in [-0.15, -0.1) is 0 Å². The maximum absolute atomic E-state index is 12.9. The summed E-state index contributed by atoms with van der Waals surface area (Å²) >= 11 is 0.896. The van der Waals surface area contributed by atoms with Gasteiger partial charge in [-0.05, 0) is 0 Å². The summed E-state index contributed by atoms with van der Waals surface area (Å²) < 4.78 is 7.50. The Kier molecular flexibility index (Phi) is 13.3. The number of thioether (sulfide) groups is 1. The quantitative estimate of drug-likeness (QED) is 0.181. The molecule has 0 aliphatic carbocycles. The van der Waals surface area contributed by atoms with E-state index in [-0.39, 0.29) is 35.0 Å². The summed E-state index contributed by atoms with van der Waals surface area (Å²) in [7, 11) is 1.25. The molecule has 1 heterocycles. The van der Waals surface area contributed by atoms with Crippen LogP contribution in [0.2, 0.25) is 0 Å². The average Bonchev–Trinajstić information content (AvgIpc) is 3.29. The Morgan fingerprint density at radius 3 is 2.60 bits per heavy atom. The maximum atomic E-state index is 12.9. The van der Waals surface area contributed by atoms with E-state index in [0.29, 0.717) is 6.42 Å². The van der Waals surface area contributed by atoms with Crippen LogP contribution in [0.1, 0.15) is 39.5 Å². The van der Waals surface area contributed by atoms with Crippen molar-refractivity contribution in [2.45, 2.75) is 57.7 Å². The fraction of sp³-hybridized carbons (Fsp3) is 0.789. The van der Waals surface area contributed by atoms with E-state index in [1.807, 2.05) is 20.1 Å². The predicted molar refractivity (Wildman–Crippen MR) is 118 cm³/mol. The van der Waals surface area contributed by atoms with Gasteiger partial charge in [-0.25, -0.2) is 0 Å². The number of carbonyl (C=O) groups excluding carboxylic acids is 4. The van der Waals surface area contributed by atoms with Gasteiger partial charge < -0.3 is 0 Å². The van der Waals surface area contributed by atoms with Gasteiger partial charge in [0.25, 0.3) is 0 Å². The molecular formula is C19H34N4O5SSe. The Labute approximate surface area is 189 Å². The van der Waals surface area contributed by atoms with Crippen LogP contribution in [0.4, 0.5) is 0 Å². The first-order chi connectivity index (χ1) is 14.3. The molecule has 0 saturated carbocycles. The van der Waals surface area contributed by atoms with E-state index in [1.54, 1.807) is 11.8 Å². The van der Waals surface area contributed by atoms with Crippen LogP contribution in [-0.2, 0) is 23.9 Å². The third-order valence-corrected chi connectivity index (χ3v) is 7.45. The summed E-state index contributed by atoms with van der Waals surface area (Å²) in [5.41, 5.74) is 0. The number of amides is 2. The van der Waals surface area contributed by atoms with Crippen molar-refractivity contribution >= 4 is 49.4 Å². The molecule has 0 unspecified atom stereocenters. The van der Waals surface area contributed by atoms with E-state index >= 15 is 0 Å². The van der Waals surface area contributed by atoms with Gasteiger partial charge in [-0.1, -0.05) is 0 Å². The number of esters is 1. The van der Waals surface area contributed by atoms with Crippen molar-refractivity contribution in [2.24, 2.45) is 5.92 Å². The van der Waals surface area contributed by atoms with Crippen molar-refractivity contribution in [3.05, 3.63) is 0 Å². The molecule has 1 aliphatic rings. The molecule has 30 heavy (non-hydrogen) atoms. The Morgan fingerprint density at radius 1 is 1.30 bits per heavy atom. The second-order valence-corrected chi connectivity index (χ2v) is 9.94. The molecule has 0 aromatic carbocycles. The standard InChI is InChI=1S/C19H34N4O5SSe/c1-5-12(2)16(22-18(26)13-7-6-9-20-13)19(27)30-23-14(8-10-29-4)17(25)21-11-15(24)28-3/h12-14,16,20,23H,5-11H2,1-4H3,(H,21,25)(H,22,26)/t12-,13-,14-,16-/m0/s1. The third-order valence-electron chi connectivity index (χ3n) is 5.01. The van der Waals surface area contributed by atoms with Crippen molar-refractivity contribution in [1.82, 2.24) is 20.3 Å². The second-order valence-electron chi connectivity index (χ2n) is 7.19. The number of nitrogens with one attached hydrogen (secondary N) is 4. The molecule has 9 nitrogen and oxygen atoms in total. The van der Waals surface area contributed by atoms with Crippen molar-refractivity contribution in [2.75, 3.05) is 32.2 Å². The topological polar surface area (TPSA) is 126 Å². The van der Waals surface area contributed by atoms with E-state index in [9.17, 15) is 19.2 Å². The number of ether oxygens (including phenoxy) is 1. The van der Waals surface area contributed by atoms with Gasteiger partial charge in [0.2, 0.25) is 0 Å². The van der Waals surface area contributed by atoms with E-state index in [2.05, 4.69) is 25.0 Å². The number of hydrogen-bond acceptors (Lipinski definition) is 8. The molecular weight excluding hydrogens is 475 g/mol. The van der Waals surface area contributed by atoms with Crippen LogP contribution in [0, 0.1) is 5.92 Å². The first-order valence-electron chi connectivity index (χ1n) is 10.2. The number of hydrogen-bond donors (Lipinski definition) is 4. The Hall–Kier alpha value is -1.13. The fourth-order valence-electron chi connectivity index (χ4n) is 2.86. The van der Waals surface area contributed by atoms with E-state index < -0.39 is 33.2 Å². The van der Waals surface area contributed by atoms with E-state index in [4.69, 9.17) is 0 Å². The molecule has 1 aliphatic heterocycles. The molecule has 0 aromatic rings. The zero-order valence-electron chi connectivity index (χ0n) is 18.1. The SMILES string of the molecule is CC[C@H](C)[C@H](NC(=O)[C@@H]1CCCN1)C(=O)[Se]N[C@@H](CCSC)C(=O)NCC(=O)OC. The Morgan fingerprint density at radius 2 is 2.03 bits per heavy atom. The van der Waals surface area contributed by atoms with Crippen LogP contribution in [0.15, 0.2) is 0 Å². The average molecular weight is 510 g/mol. The fourth-order valence-corrected chi connectivity index (χ4v) is 5.22. The van der Waals surface area contributed by atoms with Crippen LogP contribution in [0.5, 0.6) is 0 Å². The molecule has 0 aromatic heterocycles. The van der Waals surface area contributed by atoms with Gasteiger partial charge in [0.15, 0.2) is 0 Å². The van der Waals surface area contributed by atoms with Crippen LogP contribution >= 0.6 is 11.8 Å². The van der Waals surface area contributed by atoms with Crippen LogP contribution in [-0.4, -0.2) is 88.0 Å². The number of rotatable bonds is 14. The van der Waals surface area contributed by atoms with Crippen LogP contribution in [0.3, 0.4) is 0 Å². The molecule has 11 heteroatoms. The summed E-state index contributed by atoms with van der Waals surface area (Å²) in [5.74, 6) is -0.301. The molecule has 2 amide bonds. The molecule has 1 fully saturated rings. The predicted octanol–water partition coefficient (Wildman–Crippen LogP) is -0.584. The van der Waals surface area contributed by atoms with Gasteiger partial charge in [0.05, 0.1) is 0 Å². The Bertz CT molecular complexity index is 589. The van der Waals surface area contributed by atoms with Crippen molar-refractivity contribution in [3.63, 3.8) is 0 Å². The van der Waals surface area contributed by atoms with Crippen molar-refractivity contribution in [3.8, 4) is 0 Å². The minimum atomic E-state index is -0.698. The first kappa shape index (κ1) is 26.9. The minimum absolute atomic E-state index is 0.00988. The summed E-state index contributed by atoms with van der Waals surface area (Å²) in [6.07, 6.45) is 4.93. The summed E-state index contributed by atoms with van der Waals surface area (Å²) in [6.45, 7) is 4.51. The monoisotopic (exact) mass is 510 g/mol. The Balaban J connectivity index is 2.69. The molecule has 4 N–H and O–H groups in total. The van der Waals surface area contributed by atoms with Crippen LogP contribution < -0.4 is 20.3 Å². The van der Waals surface area contributed by atoms with Crippen molar-refractivity contribution < 1.29 is 23.9 Å². The summed E-state index contributed by atoms with van der Waals surface area (Å²) in [4.78, 5) is 49.1. The number of methoxy groups -OCH3 is 1. The first-order valence-corrected chi connectivity index (χ1v) is 13.3.